The van der Waals surface area contributed by atoms with Crippen LogP contribution in [0.15, 0.2) is 47.0 Å². The predicted octanol–water partition coefficient (Wildman–Crippen LogP) is 3.81. The molecule has 0 saturated carbocycles. The Balaban J connectivity index is 1.13. The summed E-state index contributed by atoms with van der Waals surface area (Å²) in [6.45, 7) is 2.56. The number of carboxylic acid groups (broad SMARTS) is 1. The molecule has 1 amide bonds. The van der Waals surface area contributed by atoms with Crippen LogP contribution in [0.1, 0.15) is 57.1 Å². The molecule has 2 N–H and O–H groups in total. The van der Waals surface area contributed by atoms with Gasteiger partial charge in [-0.2, -0.15) is 0 Å². The molecule has 3 aliphatic rings. The number of aryl methyl sites for hydroxylation is 2. The number of likely N-dealkylation sites (tertiary alicyclic amines) is 1. The first-order chi connectivity index (χ1) is 17.1. The fourth-order valence-electron chi connectivity index (χ4n) is 5.84. The summed E-state index contributed by atoms with van der Waals surface area (Å²) in [5.74, 6) is -0.0950. The van der Waals surface area contributed by atoms with E-state index in [0.717, 1.165) is 49.8 Å². The van der Waals surface area contributed by atoms with Gasteiger partial charge in [-0.3, -0.25) is 14.5 Å². The minimum absolute atomic E-state index is 0.163. The number of nitrogens with zero attached hydrogens (tertiary/aromatic N) is 2. The van der Waals surface area contributed by atoms with Gasteiger partial charge in [-0.05, 0) is 54.4 Å². The van der Waals surface area contributed by atoms with Crippen molar-refractivity contribution in [1.29, 1.82) is 0 Å². The maximum atomic E-state index is 13.1. The van der Waals surface area contributed by atoms with Gasteiger partial charge in [0.2, 0.25) is 0 Å². The van der Waals surface area contributed by atoms with Gasteiger partial charge in [0.25, 0.3) is 5.91 Å². The molecular formula is C28H29N3O4. The summed E-state index contributed by atoms with van der Waals surface area (Å²) in [7, 11) is 0. The van der Waals surface area contributed by atoms with Gasteiger partial charge >= 0.3 is 5.97 Å². The van der Waals surface area contributed by atoms with Crippen LogP contribution in [0.2, 0.25) is 0 Å². The summed E-state index contributed by atoms with van der Waals surface area (Å²) >= 11 is 0. The topological polar surface area (TPSA) is 95.7 Å². The molecule has 2 heterocycles. The standard InChI is InChI=1S/C28H29N3O4/c32-27(29-13-20-6-3-5-18-4-1-2-7-22(18)20)25-24-11-9-19-12-17(8-10-23(19)26(24)35-30-25)14-31-15-21(16-31)28(33)34/h1-2,4,7-8,10,12,20-21H,3,5-6,9,11,13-16H2,(H,29,32)(H,33,34). The molecule has 35 heavy (non-hydrogen) atoms. The Bertz CT molecular complexity index is 1290. The molecule has 1 fully saturated rings. The first-order valence-corrected chi connectivity index (χ1v) is 12.5. The van der Waals surface area contributed by atoms with E-state index in [0.29, 0.717) is 37.0 Å². The Morgan fingerprint density at radius 2 is 1.94 bits per heavy atom. The highest BCUT2D eigenvalue weighted by molar-refractivity contribution is 5.95. The Labute approximate surface area is 204 Å². The number of nitrogens with one attached hydrogen (secondary N) is 1. The van der Waals surface area contributed by atoms with Crippen LogP contribution in [0.5, 0.6) is 0 Å². The van der Waals surface area contributed by atoms with Gasteiger partial charge in [-0.25, -0.2) is 0 Å². The third kappa shape index (κ3) is 4.14. The number of hydrogen-bond donors (Lipinski definition) is 2. The van der Waals surface area contributed by atoms with Gasteiger partial charge in [0.15, 0.2) is 11.5 Å². The lowest BCUT2D eigenvalue weighted by Crippen LogP contribution is -2.49. The van der Waals surface area contributed by atoms with E-state index in [1.165, 1.54) is 22.3 Å². The van der Waals surface area contributed by atoms with Crippen LogP contribution < -0.4 is 5.32 Å². The van der Waals surface area contributed by atoms with Crippen molar-refractivity contribution in [2.24, 2.45) is 5.92 Å². The van der Waals surface area contributed by atoms with Gasteiger partial charge in [-0.1, -0.05) is 47.6 Å². The highest BCUT2D eigenvalue weighted by Crippen LogP contribution is 2.36. The van der Waals surface area contributed by atoms with E-state index in [-0.39, 0.29) is 11.8 Å². The van der Waals surface area contributed by atoms with Crippen molar-refractivity contribution >= 4 is 11.9 Å². The van der Waals surface area contributed by atoms with Crippen molar-refractivity contribution < 1.29 is 19.2 Å². The van der Waals surface area contributed by atoms with Crippen molar-refractivity contribution in [1.82, 2.24) is 15.4 Å². The maximum absolute atomic E-state index is 13.1. The Morgan fingerprint density at radius 1 is 1.09 bits per heavy atom. The zero-order valence-corrected chi connectivity index (χ0v) is 19.6. The number of rotatable bonds is 6. The molecule has 0 bridgehead atoms. The van der Waals surface area contributed by atoms with Gasteiger partial charge in [-0.15, -0.1) is 0 Å². The number of carbonyl (C=O) groups excluding carboxylic acids is 1. The summed E-state index contributed by atoms with van der Waals surface area (Å²) in [6, 6.07) is 14.8. The van der Waals surface area contributed by atoms with Crippen LogP contribution in [-0.2, 0) is 30.6 Å². The van der Waals surface area contributed by atoms with Crippen LogP contribution in [-0.4, -0.2) is 46.7 Å². The number of fused-ring (bicyclic) bond motifs is 4. The Kier molecular flexibility index (Phi) is 5.65. The lowest BCUT2D eigenvalue weighted by Gasteiger charge is -2.36. The molecule has 2 aliphatic carbocycles. The molecule has 1 unspecified atom stereocenters. The van der Waals surface area contributed by atoms with Crippen LogP contribution in [0.4, 0.5) is 0 Å². The molecule has 6 rings (SSSR count). The Hall–Kier alpha value is -3.45. The highest BCUT2D eigenvalue weighted by Gasteiger charge is 2.33. The molecule has 0 radical (unpaired) electrons. The normalized spacial score (nSPS) is 19.3. The number of hydrogen-bond acceptors (Lipinski definition) is 5. The van der Waals surface area contributed by atoms with E-state index in [4.69, 9.17) is 9.63 Å². The molecular weight excluding hydrogens is 442 g/mol. The van der Waals surface area contributed by atoms with Crippen molar-refractivity contribution in [3.63, 3.8) is 0 Å². The summed E-state index contributed by atoms with van der Waals surface area (Å²) in [5, 5.41) is 16.4. The monoisotopic (exact) mass is 471 g/mol. The van der Waals surface area contributed by atoms with E-state index in [1.807, 2.05) is 6.07 Å². The van der Waals surface area contributed by atoms with Crippen LogP contribution in [0.3, 0.4) is 0 Å². The molecule has 180 valence electrons. The van der Waals surface area contributed by atoms with E-state index < -0.39 is 5.97 Å². The summed E-state index contributed by atoms with van der Waals surface area (Å²) < 4.78 is 5.69. The molecule has 2 aromatic carbocycles. The second kappa shape index (κ2) is 8.96. The number of carbonyl (C=O) groups is 2. The fraction of sp³-hybridized carbons (Fsp3) is 0.393. The molecule has 3 aromatic rings. The lowest BCUT2D eigenvalue weighted by molar-refractivity contribution is -0.147. The largest absolute Gasteiger partial charge is 0.481 e. The van der Waals surface area contributed by atoms with Gasteiger partial charge in [0, 0.05) is 43.2 Å². The molecule has 7 heteroatoms. The molecule has 1 saturated heterocycles. The van der Waals surface area contributed by atoms with Gasteiger partial charge < -0.3 is 14.9 Å². The van der Waals surface area contributed by atoms with Crippen LogP contribution in [0, 0.1) is 5.92 Å². The first-order valence-electron chi connectivity index (χ1n) is 12.5. The molecule has 1 aliphatic heterocycles. The average molecular weight is 472 g/mol. The minimum Gasteiger partial charge on any atom is -0.481 e. The number of amides is 1. The van der Waals surface area contributed by atoms with Gasteiger partial charge in [0.1, 0.15) is 0 Å². The number of carboxylic acids is 1. The first kappa shape index (κ1) is 22.0. The van der Waals surface area contributed by atoms with Crippen molar-refractivity contribution in [3.05, 3.63) is 76.0 Å². The summed E-state index contributed by atoms with van der Waals surface area (Å²) in [6.07, 6.45) is 4.88. The second-order valence-electron chi connectivity index (χ2n) is 10.1. The Morgan fingerprint density at radius 3 is 2.80 bits per heavy atom. The van der Waals surface area contributed by atoms with Crippen molar-refractivity contribution in [2.75, 3.05) is 19.6 Å². The average Bonchev–Trinajstić information content (AvgIpc) is 3.29. The SMILES string of the molecule is O=C(NCC1CCCc2ccccc21)c1noc2c1CCc1cc(CN3CC(C(=O)O)C3)ccc1-2. The van der Waals surface area contributed by atoms with E-state index in [1.54, 1.807) is 0 Å². The molecule has 7 nitrogen and oxygen atoms in total. The van der Waals surface area contributed by atoms with Crippen LogP contribution >= 0.6 is 0 Å². The number of aliphatic carboxylic acids is 1. The van der Waals surface area contributed by atoms with Gasteiger partial charge in [0.05, 0.1) is 5.92 Å². The zero-order valence-electron chi connectivity index (χ0n) is 19.6. The van der Waals surface area contributed by atoms with Crippen molar-refractivity contribution in [2.45, 2.75) is 44.6 Å². The molecule has 0 spiro atoms. The van der Waals surface area contributed by atoms with E-state index in [9.17, 15) is 9.59 Å². The third-order valence-electron chi connectivity index (χ3n) is 7.78. The maximum Gasteiger partial charge on any atom is 0.309 e. The lowest BCUT2D eigenvalue weighted by atomic mass is 9.83. The van der Waals surface area contributed by atoms with E-state index in [2.05, 4.69) is 51.8 Å². The highest BCUT2D eigenvalue weighted by atomic mass is 16.5. The zero-order chi connectivity index (χ0) is 23.9. The summed E-state index contributed by atoms with van der Waals surface area (Å²) in [4.78, 5) is 26.2. The smallest absolute Gasteiger partial charge is 0.309 e. The predicted molar refractivity (Wildman–Crippen MR) is 130 cm³/mol. The minimum atomic E-state index is -0.715. The number of benzene rings is 2. The quantitative estimate of drug-likeness (QED) is 0.568. The van der Waals surface area contributed by atoms with Crippen molar-refractivity contribution in [3.8, 4) is 11.3 Å². The number of aromatic nitrogens is 1. The summed E-state index contributed by atoms with van der Waals surface area (Å²) in [5.41, 5.74) is 7.38. The second-order valence-corrected chi connectivity index (χ2v) is 10.1. The third-order valence-corrected chi connectivity index (χ3v) is 7.78. The fourth-order valence-corrected chi connectivity index (χ4v) is 5.84. The van der Waals surface area contributed by atoms with Crippen LogP contribution in [0.25, 0.3) is 11.3 Å². The molecule has 1 atom stereocenters. The molecule has 1 aromatic heterocycles. The van der Waals surface area contributed by atoms with E-state index >= 15 is 0 Å².